The Kier molecular flexibility index (Phi) is 7.75. The van der Waals surface area contributed by atoms with Gasteiger partial charge >= 0.3 is 0 Å². The summed E-state index contributed by atoms with van der Waals surface area (Å²) < 4.78 is 15.9. The number of furan rings is 2. The molecule has 0 unspecified atom stereocenters. The van der Waals surface area contributed by atoms with E-state index in [4.69, 9.17) is 28.8 Å². The van der Waals surface area contributed by atoms with Crippen LogP contribution in [0.4, 0.5) is 0 Å². The van der Waals surface area contributed by atoms with Gasteiger partial charge in [0.15, 0.2) is 17.5 Å². The first-order chi connectivity index (χ1) is 32.2. The van der Waals surface area contributed by atoms with Crippen LogP contribution >= 0.6 is 11.3 Å². The summed E-state index contributed by atoms with van der Waals surface area (Å²) in [5.41, 5.74) is 10.9. The van der Waals surface area contributed by atoms with Gasteiger partial charge in [-0.3, -0.25) is 0 Å². The van der Waals surface area contributed by atoms with Gasteiger partial charge in [0.1, 0.15) is 22.3 Å². The predicted octanol–water partition coefficient (Wildman–Crippen LogP) is 16.1. The fourth-order valence-electron chi connectivity index (χ4n) is 9.79. The third-order valence-electron chi connectivity index (χ3n) is 12.7. The largest absolute Gasteiger partial charge is 0.456 e. The Hall–Kier alpha value is -8.52. The summed E-state index contributed by atoms with van der Waals surface area (Å²) in [6.45, 7) is 0. The van der Waals surface area contributed by atoms with Gasteiger partial charge < -0.3 is 8.83 Å². The molecule has 65 heavy (non-hydrogen) atoms. The Morgan fingerprint density at radius 3 is 1.77 bits per heavy atom. The molecule has 0 N–H and O–H groups in total. The van der Waals surface area contributed by atoms with Crippen molar-refractivity contribution in [3.05, 3.63) is 194 Å². The van der Waals surface area contributed by atoms with Crippen LogP contribution in [0.5, 0.6) is 0 Å². The number of fused-ring (bicyclic) bond motifs is 12. The lowest BCUT2D eigenvalue weighted by molar-refractivity contribution is 0.669. The zero-order valence-corrected chi connectivity index (χ0v) is 35.3. The van der Waals surface area contributed by atoms with E-state index in [-0.39, 0.29) is 0 Å². The molecule has 0 saturated carbocycles. The van der Waals surface area contributed by atoms with Crippen LogP contribution in [0, 0.1) is 0 Å². The highest BCUT2D eigenvalue weighted by molar-refractivity contribution is 7.26. The van der Waals surface area contributed by atoms with Gasteiger partial charge in [0.2, 0.25) is 0 Å². The zero-order chi connectivity index (χ0) is 42.6. The van der Waals surface area contributed by atoms with Crippen LogP contribution in [0.25, 0.3) is 142 Å². The fraction of sp³-hybridized carbons (Fsp3) is 0. The molecule has 0 atom stereocenters. The summed E-state index contributed by atoms with van der Waals surface area (Å²) in [5, 5.41) is 9.81. The molecule has 0 fully saturated rings. The van der Waals surface area contributed by atoms with Crippen molar-refractivity contribution in [2.45, 2.75) is 0 Å². The van der Waals surface area contributed by atoms with Crippen molar-refractivity contribution in [1.29, 1.82) is 0 Å². The van der Waals surface area contributed by atoms with Gasteiger partial charge in [-0.15, -0.1) is 11.3 Å². The molecule has 0 amide bonds. The average molecular weight is 849 g/mol. The van der Waals surface area contributed by atoms with Crippen LogP contribution in [-0.2, 0) is 0 Å². The van der Waals surface area contributed by atoms with E-state index in [9.17, 15) is 0 Å². The summed E-state index contributed by atoms with van der Waals surface area (Å²) in [6.07, 6.45) is 0. The van der Waals surface area contributed by atoms with Crippen LogP contribution in [0.2, 0.25) is 0 Å². The molecular formula is C58H32N4O2S. The van der Waals surface area contributed by atoms with Crippen molar-refractivity contribution in [2.75, 3.05) is 0 Å². The minimum atomic E-state index is 0.597. The highest BCUT2D eigenvalue weighted by Gasteiger charge is 2.25. The molecule has 302 valence electrons. The quantitative estimate of drug-likeness (QED) is 0.161. The number of hydrogen-bond acceptors (Lipinski definition) is 7. The molecule has 0 spiro atoms. The molecule has 0 aliphatic rings. The smallest absolute Gasteiger partial charge is 0.165 e. The molecule has 6 nitrogen and oxygen atoms in total. The molecule has 5 aromatic heterocycles. The van der Waals surface area contributed by atoms with Crippen molar-refractivity contribution in [3.63, 3.8) is 0 Å². The second-order valence-electron chi connectivity index (χ2n) is 16.4. The number of thiophene rings is 1. The summed E-state index contributed by atoms with van der Waals surface area (Å²) in [6, 6.07) is 67.1. The summed E-state index contributed by atoms with van der Waals surface area (Å²) in [4.78, 5) is 20.8. The van der Waals surface area contributed by atoms with Crippen molar-refractivity contribution >= 4 is 97.1 Å². The fourth-order valence-corrected chi connectivity index (χ4v) is 11.0. The first kappa shape index (κ1) is 36.0. The molecule has 0 aliphatic heterocycles. The van der Waals surface area contributed by atoms with Gasteiger partial charge in [-0.2, -0.15) is 0 Å². The molecular weight excluding hydrogens is 817 g/mol. The Morgan fingerprint density at radius 1 is 0.354 bits per heavy atom. The molecule has 14 rings (SSSR count). The van der Waals surface area contributed by atoms with E-state index in [1.807, 2.05) is 54.6 Å². The maximum Gasteiger partial charge on any atom is 0.165 e. The van der Waals surface area contributed by atoms with E-state index in [1.54, 1.807) is 11.3 Å². The summed E-state index contributed by atoms with van der Waals surface area (Å²) >= 11 is 1.77. The van der Waals surface area contributed by atoms with Crippen LogP contribution in [0.1, 0.15) is 0 Å². The first-order valence-corrected chi connectivity index (χ1v) is 22.4. The van der Waals surface area contributed by atoms with E-state index >= 15 is 0 Å². The Morgan fingerprint density at radius 2 is 0.954 bits per heavy atom. The van der Waals surface area contributed by atoms with E-state index in [0.717, 1.165) is 109 Å². The van der Waals surface area contributed by atoms with Crippen LogP contribution in [-0.4, -0.2) is 19.9 Å². The molecule has 0 aliphatic carbocycles. The summed E-state index contributed by atoms with van der Waals surface area (Å²) in [5.74, 6) is 1.86. The van der Waals surface area contributed by atoms with Crippen molar-refractivity contribution in [2.24, 2.45) is 0 Å². The topological polar surface area (TPSA) is 77.8 Å². The van der Waals surface area contributed by atoms with Gasteiger partial charge in [0.25, 0.3) is 0 Å². The van der Waals surface area contributed by atoms with Crippen molar-refractivity contribution < 1.29 is 8.83 Å². The van der Waals surface area contributed by atoms with Crippen LogP contribution in [0.15, 0.2) is 203 Å². The number of pyridine rings is 1. The molecule has 0 radical (unpaired) electrons. The number of para-hydroxylation sites is 4. The number of hydrogen-bond donors (Lipinski definition) is 0. The lowest BCUT2D eigenvalue weighted by Crippen LogP contribution is -2.00. The maximum atomic E-state index is 6.75. The number of aromatic nitrogens is 4. The molecule has 5 heterocycles. The number of rotatable bonds is 5. The minimum Gasteiger partial charge on any atom is -0.456 e. The van der Waals surface area contributed by atoms with Gasteiger partial charge in [0, 0.05) is 91.3 Å². The molecule has 0 saturated heterocycles. The standard InChI is InChI=1S/C58H32N4O2S/c1-2-14-34(15-3-1)56-60-57(62-58(61-56)43-23-13-21-39-37-17-7-11-27-49(37)65-55(39)43)35-30-28-33(29-31-35)53-44-32-48-51(41-19-6-10-26-47(41)63-48)52(50(44)40-18-4-8-24-45(40)59-53)42-22-12-20-38-36-16-5-9-25-46(36)64-54(38)42/h1-32H. The highest BCUT2D eigenvalue weighted by Crippen LogP contribution is 2.49. The van der Waals surface area contributed by atoms with Gasteiger partial charge in [-0.05, 0) is 36.4 Å². The van der Waals surface area contributed by atoms with Crippen LogP contribution < -0.4 is 0 Å². The SMILES string of the molecule is c1ccc(-c2nc(-c3ccc(-c4nc5ccccc5c5c(-c6cccc7c6oc6ccccc67)c6c(cc45)oc4ccccc46)cc3)nc(-c3cccc4c3sc3ccccc34)n2)cc1. The van der Waals surface area contributed by atoms with E-state index in [1.165, 1.54) is 15.5 Å². The zero-order valence-electron chi connectivity index (χ0n) is 34.5. The van der Waals surface area contributed by atoms with E-state index < -0.39 is 0 Å². The van der Waals surface area contributed by atoms with E-state index in [2.05, 4.69) is 140 Å². The van der Waals surface area contributed by atoms with Crippen molar-refractivity contribution in [3.8, 4) is 56.5 Å². The average Bonchev–Trinajstić information content (AvgIpc) is 4.07. The lowest BCUT2D eigenvalue weighted by atomic mass is 9.89. The Balaban J connectivity index is 0.995. The molecule has 9 aromatic carbocycles. The minimum absolute atomic E-state index is 0.597. The third kappa shape index (κ3) is 5.52. The number of nitrogens with zero attached hydrogens (tertiary/aromatic N) is 4. The normalized spacial score (nSPS) is 12.0. The first-order valence-electron chi connectivity index (χ1n) is 21.6. The van der Waals surface area contributed by atoms with E-state index in [0.29, 0.717) is 17.5 Å². The molecule has 0 bridgehead atoms. The number of benzene rings is 9. The lowest BCUT2D eigenvalue weighted by Gasteiger charge is -2.16. The van der Waals surface area contributed by atoms with Gasteiger partial charge in [-0.1, -0.05) is 158 Å². The molecule has 14 aromatic rings. The predicted molar refractivity (Wildman–Crippen MR) is 267 cm³/mol. The molecule has 7 heteroatoms. The summed E-state index contributed by atoms with van der Waals surface area (Å²) in [7, 11) is 0. The Labute approximate surface area is 374 Å². The second kappa shape index (κ2) is 14.0. The van der Waals surface area contributed by atoms with Crippen molar-refractivity contribution in [1.82, 2.24) is 19.9 Å². The highest BCUT2D eigenvalue weighted by atomic mass is 32.1. The second-order valence-corrected chi connectivity index (χ2v) is 17.5. The maximum absolute atomic E-state index is 6.75. The monoisotopic (exact) mass is 848 g/mol. The van der Waals surface area contributed by atoms with Gasteiger partial charge in [-0.25, -0.2) is 19.9 Å². The third-order valence-corrected chi connectivity index (χ3v) is 14.0. The Bertz CT molecular complexity index is 4240. The van der Waals surface area contributed by atoms with Crippen LogP contribution in [0.3, 0.4) is 0 Å². The van der Waals surface area contributed by atoms with Gasteiger partial charge in [0.05, 0.1) is 11.2 Å².